The molecule has 1 saturated heterocycles. The number of phenols is 1. The summed E-state index contributed by atoms with van der Waals surface area (Å²) in [5.74, 6) is -0.0764. The van der Waals surface area contributed by atoms with Crippen LogP contribution in [-0.2, 0) is 15.1 Å². The lowest BCUT2D eigenvalue weighted by Crippen LogP contribution is -2.17. The Bertz CT molecular complexity index is 447. The molecule has 1 aromatic carbocycles. The molecule has 0 radical (unpaired) electrons. The van der Waals surface area contributed by atoms with Crippen molar-refractivity contribution in [2.45, 2.75) is 26.4 Å². The van der Waals surface area contributed by atoms with Crippen LogP contribution in [0, 0.1) is 5.92 Å². The number of carbonyl (C=O) groups is 1. The molecule has 0 amide bonds. The van der Waals surface area contributed by atoms with Crippen LogP contribution in [0.4, 0.5) is 0 Å². The van der Waals surface area contributed by atoms with E-state index in [1.165, 1.54) is 6.07 Å². The van der Waals surface area contributed by atoms with Gasteiger partial charge in [-0.25, -0.2) is 0 Å². The topological polar surface area (TPSA) is 59.1 Å². The summed E-state index contributed by atoms with van der Waals surface area (Å²) in [5.41, 5.74) is 0.407. The van der Waals surface area contributed by atoms with Crippen LogP contribution >= 0.6 is 0 Å². The van der Waals surface area contributed by atoms with Gasteiger partial charge in [0.05, 0.1) is 12.5 Å². The van der Waals surface area contributed by atoms with Crippen molar-refractivity contribution in [2.75, 3.05) is 6.61 Å². The maximum absolute atomic E-state index is 11.6. The average Bonchev–Trinajstić information content (AvgIpc) is 2.97. The number of epoxide rings is 1. The number of carbonyl (C=O) groups excluding carboxylic acids is 1. The highest BCUT2D eigenvalue weighted by Gasteiger charge is 2.43. The first-order valence-electron chi connectivity index (χ1n) is 5.61. The predicted octanol–water partition coefficient (Wildman–Crippen LogP) is 2.20. The number of hydrogen-bond donors (Lipinski definition) is 1. The maximum atomic E-state index is 11.6. The average molecular weight is 236 g/mol. The molecule has 1 heterocycles. The first-order chi connectivity index (χ1) is 7.92. The van der Waals surface area contributed by atoms with E-state index in [1.807, 2.05) is 6.92 Å². The molecular formula is C13H16O4. The van der Waals surface area contributed by atoms with Crippen molar-refractivity contribution in [3.05, 3.63) is 23.8 Å². The summed E-state index contributed by atoms with van der Waals surface area (Å²) in [6.07, 6.45) is 0. The molecule has 0 saturated carbocycles. The number of phenolic OH excluding ortho intramolecular Hbond substituents is 1. The molecule has 1 fully saturated rings. The highest BCUT2D eigenvalue weighted by Crippen LogP contribution is 2.43. The zero-order valence-electron chi connectivity index (χ0n) is 10.2. The number of ether oxygens (including phenoxy) is 2. The Morgan fingerprint density at radius 1 is 1.53 bits per heavy atom. The summed E-state index contributed by atoms with van der Waals surface area (Å²) < 4.78 is 10.6. The summed E-state index contributed by atoms with van der Waals surface area (Å²) in [6.45, 7) is 6.05. The van der Waals surface area contributed by atoms with Gasteiger partial charge in [0.2, 0.25) is 0 Å². The summed E-state index contributed by atoms with van der Waals surface area (Å²) in [4.78, 5) is 11.6. The van der Waals surface area contributed by atoms with Gasteiger partial charge in [0.15, 0.2) is 0 Å². The standard InChI is InChI=1S/C13H16O4/c1-8(2)12(15)17-11-6-9(14)4-5-10(11)13(3)7-16-13/h4-6,8,14H,7H2,1-3H3. The largest absolute Gasteiger partial charge is 0.508 e. The van der Waals surface area contributed by atoms with Crippen LogP contribution in [-0.4, -0.2) is 17.7 Å². The minimum Gasteiger partial charge on any atom is -0.508 e. The lowest BCUT2D eigenvalue weighted by molar-refractivity contribution is -0.137. The Balaban J connectivity index is 2.31. The highest BCUT2D eigenvalue weighted by atomic mass is 16.6. The zero-order valence-corrected chi connectivity index (χ0v) is 10.2. The van der Waals surface area contributed by atoms with E-state index < -0.39 is 0 Å². The second kappa shape index (κ2) is 4.04. The van der Waals surface area contributed by atoms with Gasteiger partial charge in [-0.05, 0) is 19.1 Å². The van der Waals surface area contributed by atoms with Crippen molar-refractivity contribution in [1.29, 1.82) is 0 Å². The first kappa shape index (κ1) is 11.9. The fourth-order valence-corrected chi connectivity index (χ4v) is 1.52. The van der Waals surface area contributed by atoms with E-state index in [1.54, 1.807) is 26.0 Å². The lowest BCUT2D eigenvalue weighted by atomic mass is 10.0. The third-order valence-corrected chi connectivity index (χ3v) is 2.79. The van der Waals surface area contributed by atoms with Gasteiger partial charge >= 0.3 is 5.97 Å². The van der Waals surface area contributed by atoms with E-state index in [2.05, 4.69) is 0 Å². The summed E-state index contributed by atoms with van der Waals surface area (Å²) in [7, 11) is 0. The summed E-state index contributed by atoms with van der Waals surface area (Å²) >= 11 is 0. The smallest absolute Gasteiger partial charge is 0.313 e. The number of hydrogen-bond acceptors (Lipinski definition) is 4. The molecule has 1 aliphatic rings. The second-order valence-corrected chi connectivity index (χ2v) is 4.78. The number of rotatable bonds is 3. The van der Waals surface area contributed by atoms with Crippen LogP contribution in [0.25, 0.3) is 0 Å². The number of esters is 1. The third-order valence-electron chi connectivity index (χ3n) is 2.79. The molecule has 1 atom stereocenters. The zero-order chi connectivity index (χ0) is 12.6. The van der Waals surface area contributed by atoms with Crippen LogP contribution in [0.15, 0.2) is 18.2 Å². The van der Waals surface area contributed by atoms with Crippen molar-refractivity contribution in [2.24, 2.45) is 5.92 Å². The van der Waals surface area contributed by atoms with Crippen LogP contribution in [0.1, 0.15) is 26.3 Å². The van der Waals surface area contributed by atoms with E-state index >= 15 is 0 Å². The highest BCUT2D eigenvalue weighted by molar-refractivity contribution is 5.75. The molecule has 1 aromatic rings. The molecule has 1 N–H and O–H groups in total. The molecule has 1 unspecified atom stereocenters. The van der Waals surface area contributed by atoms with E-state index in [-0.39, 0.29) is 23.2 Å². The molecule has 17 heavy (non-hydrogen) atoms. The summed E-state index contributed by atoms with van der Waals surface area (Å²) in [6, 6.07) is 4.74. The predicted molar refractivity (Wildman–Crippen MR) is 61.9 cm³/mol. The molecule has 4 nitrogen and oxygen atoms in total. The molecule has 0 bridgehead atoms. The van der Waals surface area contributed by atoms with Crippen molar-refractivity contribution in [3.8, 4) is 11.5 Å². The van der Waals surface area contributed by atoms with Gasteiger partial charge in [-0.3, -0.25) is 4.79 Å². The van der Waals surface area contributed by atoms with Gasteiger partial charge in [-0.2, -0.15) is 0 Å². The molecule has 0 aliphatic carbocycles. The Hall–Kier alpha value is -1.55. The summed E-state index contributed by atoms with van der Waals surface area (Å²) in [5, 5.41) is 9.44. The quantitative estimate of drug-likeness (QED) is 0.496. The molecule has 0 spiro atoms. The van der Waals surface area contributed by atoms with Crippen molar-refractivity contribution >= 4 is 5.97 Å². The van der Waals surface area contributed by atoms with E-state index in [0.717, 1.165) is 5.56 Å². The van der Waals surface area contributed by atoms with E-state index in [9.17, 15) is 9.90 Å². The first-order valence-corrected chi connectivity index (χ1v) is 5.61. The van der Waals surface area contributed by atoms with Crippen LogP contribution < -0.4 is 4.74 Å². The van der Waals surface area contributed by atoms with Crippen LogP contribution in [0.3, 0.4) is 0 Å². The number of benzene rings is 1. The van der Waals surface area contributed by atoms with E-state index in [4.69, 9.17) is 9.47 Å². The monoisotopic (exact) mass is 236 g/mol. The van der Waals surface area contributed by atoms with Crippen LogP contribution in [0.2, 0.25) is 0 Å². The van der Waals surface area contributed by atoms with Gasteiger partial charge in [-0.1, -0.05) is 13.8 Å². The van der Waals surface area contributed by atoms with Gasteiger partial charge in [0.25, 0.3) is 0 Å². The second-order valence-electron chi connectivity index (χ2n) is 4.78. The Morgan fingerprint density at radius 3 is 2.71 bits per heavy atom. The van der Waals surface area contributed by atoms with Crippen molar-refractivity contribution in [1.82, 2.24) is 0 Å². The fourth-order valence-electron chi connectivity index (χ4n) is 1.52. The Labute approximate surface area is 100 Å². The SMILES string of the molecule is CC(C)C(=O)Oc1cc(O)ccc1C1(C)CO1. The van der Waals surface area contributed by atoms with Gasteiger partial charge < -0.3 is 14.6 Å². The molecule has 4 heteroatoms. The molecule has 2 rings (SSSR count). The Kier molecular flexibility index (Phi) is 2.83. The lowest BCUT2D eigenvalue weighted by Gasteiger charge is -2.14. The van der Waals surface area contributed by atoms with Gasteiger partial charge in [0.1, 0.15) is 17.1 Å². The van der Waals surface area contributed by atoms with Gasteiger partial charge in [0, 0.05) is 11.6 Å². The third kappa shape index (κ3) is 2.42. The Morgan fingerprint density at radius 2 is 2.18 bits per heavy atom. The number of aromatic hydroxyl groups is 1. The maximum Gasteiger partial charge on any atom is 0.313 e. The molecule has 1 aliphatic heterocycles. The minimum absolute atomic E-state index is 0.0737. The van der Waals surface area contributed by atoms with Crippen LogP contribution in [0.5, 0.6) is 11.5 Å². The fraction of sp³-hybridized carbons (Fsp3) is 0.462. The van der Waals surface area contributed by atoms with E-state index in [0.29, 0.717) is 12.4 Å². The van der Waals surface area contributed by atoms with Gasteiger partial charge in [-0.15, -0.1) is 0 Å². The minimum atomic E-state index is -0.389. The normalized spacial score (nSPS) is 22.6. The van der Waals surface area contributed by atoms with Crippen molar-refractivity contribution < 1.29 is 19.4 Å². The molecule has 92 valence electrons. The molecule has 0 aromatic heterocycles. The van der Waals surface area contributed by atoms with Crippen molar-refractivity contribution in [3.63, 3.8) is 0 Å². The molecular weight excluding hydrogens is 220 g/mol.